The molecular formula is C14H19N3O. The standard InChI is InChI=1S/C14H19N3O/c1-5-18-14-12(7-6-8-15-14)13-9-17(10(2)3)16-11(13)4/h6-10H,5H2,1-4H3. The number of aryl methyl sites for hydroxylation is 1. The van der Waals surface area contributed by atoms with Crippen LogP contribution < -0.4 is 4.74 Å². The van der Waals surface area contributed by atoms with Gasteiger partial charge in [-0.3, -0.25) is 4.68 Å². The molecule has 0 aliphatic rings. The highest BCUT2D eigenvalue weighted by Gasteiger charge is 2.13. The van der Waals surface area contributed by atoms with Crippen LogP contribution in [0.3, 0.4) is 0 Å². The molecule has 4 heteroatoms. The van der Waals surface area contributed by atoms with Crippen molar-refractivity contribution in [3.05, 3.63) is 30.2 Å². The molecule has 0 bridgehead atoms. The third kappa shape index (κ3) is 2.37. The molecule has 96 valence electrons. The zero-order chi connectivity index (χ0) is 13.1. The molecule has 18 heavy (non-hydrogen) atoms. The summed E-state index contributed by atoms with van der Waals surface area (Å²) in [6, 6.07) is 4.29. The number of aromatic nitrogens is 3. The summed E-state index contributed by atoms with van der Waals surface area (Å²) in [6.07, 6.45) is 3.80. The van der Waals surface area contributed by atoms with Gasteiger partial charge in [0.2, 0.25) is 5.88 Å². The van der Waals surface area contributed by atoms with Gasteiger partial charge in [-0.05, 0) is 39.8 Å². The van der Waals surface area contributed by atoms with Crippen molar-refractivity contribution in [3.63, 3.8) is 0 Å². The lowest BCUT2D eigenvalue weighted by molar-refractivity contribution is 0.328. The van der Waals surface area contributed by atoms with Crippen molar-refractivity contribution < 1.29 is 4.74 Å². The van der Waals surface area contributed by atoms with E-state index in [1.807, 2.05) is 30.7 Å². The number of nitrogens with zero attached hydrogens (tertiary/aromatic N) is 3. The molecule has 0 unspecified atom stereocenters. The first kappa shape index (κ1) is 12.6. The first-order valence-corrected chi connectivity index (χ1v) is 6.27. The zero-order valence-corrected chi connectivity index (χ0v) is 11.3. The third-order valence-corrected chi connectivity index (χ3v) is 2.79. The maximum absolute atomic E-state index is 5.57. The van der Waals surface area contributed by atoms with Gasteiger partial charge in [-0.15, -0.1) is 0 Å². The van der Waals surface area contributed by atoms with Gasteiger partial charge in [0.05, 0.1) is 12.3 Å². The van der Waals surface area contributed by atoms with Gasteiger partial charge in [-0.2, -0.15) is 5.10 Å². The maximum Gasteiger partial charge on any atom is 0.221 e. The molecular weight excluding hydrogens is 226 g/mol. The van der Waals surface area contributed by atoms with Crippen molar-refractivity contribution in [2.24, 2.45) is 0 Å². The monoisotopic (exact) mass is 245 g/mol. The highest BCUT2D eigenvalue weighted by Crippen LogP contribution is 2.30. The first-order chi connectivity index (χ1) is 8.63. The second-order valence-corrected chi connectivity index (χ2v) is 4.49. The van der Waals surface area contributed by atoms with E-state index in [-0.39, 0.29) is 0 Å². The Labute approximate surface area is 108 Å². The van der Waals surface area contributed by atoms with Crippen LogP contribution in [0.1, 0.15) is 32.5 Å². The Morgan fingerprint density at radius 3 is 2.72 bits per heavy atom. The Hall–Kier alpha value is -1.84. The average molecular weight is 245 g/mol. The summed E-state index contributed by atoms with van der Waals surface area (Å²) in [6.45, 7) is 8.81. The Morgan fingerprint density at radius 2 is 2.11 bits per heavy atom. The van der Waals surface area contributed by atoms with E-state index in [0.29, 0.717) is 18.5 Å². The minimum atomic E-state index is 0.352. The van der Waals surface area contributed by atoms with Crippen molar-refractivity contribution in [2.45, 2.75) is 33.7 Å². The van der Waals surface area contributed by atoms with Crippen LogP contribution in [0.5, 0.6) is 5.88 Å². The van der Waals surface area contributed by atoms with E-state index >= 15 is 0 Å². The number of hydrogen-bond donors (Lipinski definition) is 0. The topological polar surface area (TPSA) is 39.9 Å². The summed E-state index contributed by atoms with van der Waals surface area (Å²) in [5, 5.41) is 4.52. The van der Waals surface area contributed by atoms with Crippen LogP contribution in [-0.4, -0.2) is 21.4 Å². The molecule has 0 aliphatic carbocycles. The minimum absolute atomic E-state index is 0.352. The molecule has 0 radical (unpaired) electrons. The molecule has 0 fully saturated rings. The first-order valence-electron chi connectivity index (χ1n) is 6.27. The van der Waals surface area contributed by atoms with Crippen LogP contribution in [0, 0.1) is 6.92 Å². The number of hydrogen-bond acceptors (Lipinski definition) is 3. The molecule has 2 heterocycles. The van der Waals surface area contributed by atoms with E-state index in [2.05, 4.69) is 30.1 Å². The summed E-state index contributed by atoms with van der Waals surface area (Å²) < 4.78 is 7.53. The molecule has 2 aromatic rings. The fourth-order valence-electron chi connectivity index (χ4n) is 1.86. The smallest absolute Gasteiger partial charge is 0.221 e. The van der Waals surface area contributed by atoms with E-state index < -0.39 is 0 Å². The van der Waals surface area contributed by atoms with Gasteiger partial charge in [0.25, 0.3) is 0 Å². The van der Waals surface area contributed by atoms with E-state index in [0.717, 1.165) is 16.8 Å². The molecule has 2 aromatic heterocycles. The predicted octanol–water partition coefficient (Wildman–Crippen LogP) is 3.23. The molecule has 0 saturated heterocycles. The van der Waals surface area contributed by atoms with Gasteiger partial charge in [0.1, 0.15) is 0 Å². The number of pyridine rings is 1. The van der Waals surface area contributed by atoms with Gasteiger partial charge >= 0.3 is 0 Å². The summed E-state index contributed by atoms with van der Waals surface area (Å²) in [7, 11) is 0. The Balaban J connectivity index is 2.48. The van der Waals surface area contributed by atoms with Gasteiger partial charge in [-0.1, -0.05) is 0 Å². The highest BCUT2D eigenvalue weighted by atomic mass is 16.5. The van der Waals surface area contributed by atoms with Crippen LogP contribution in [0.4, 0.5) is 0 Å². The van der Waals surface area contributed by atoms with E-state index in [4.69, 9.17) is 4.74 Å². The SMILES string of the molecule is CCOc1ncccc1-c1cn(C(C)C)nc1C. The lowest BCUT2D eigenvalue weighted by Gasteiger charge is -2.07. The van der Waals surface area contributed by atoms with Gasteiger partial charge in [0.15, 0.2) is 0 Å². The van der Waals surface area contributed by atoms with Crippen LogP contribution in [0.2, 0.25) is 0 Å². The Bertz CT molecular complexity index is 532. The highest BCUT2D eigenvalue weighted by molar-refractivity contribution is 5.69. The van der Waals surface area contributed by atoms with Crippen LogP contribution in [-0.2, 0) is 0 Å². The lowest BCUT2D eigenvalue weighted by atomic mass is 10.1. The zero-order valence-electron chi connectivity index (χ0n) is 11.3. The van der Waals surface area contributed by atoms with Gasteiger partial charge < -0.3 is 4.74 Å². The van der Waals surface area contributed by atoms with Crippen molar-refractivity contribution in [3.8, 4) is 17.0 Å². The molecule has 0 saturated carbocycles. The van der Waals surface area contributed by atoms with Gasteiger partial charge in [-0.25, -0.2) is 4.98 Å². The normalized spacial score (nSPS) is 10.9. The van der Waals surface area contributed by atoms with E-state index in [1.165, 1.54) is 0 Å². The van der Waals surface area contributed by atoms with Crippen LogP contribution in [0.15, 0.2) is 24.5 Å². The number of ether oxygens (including phenoxy) is 1. The van der Waals surface area contributed by atoms with Crippen molar-refractivity contribution in [1.29, 1.82) is 0 Å². The molecule has 0 atom stereocenters. The van der Waals surface area contributed by atoms with Crippen molar-refractivity contribution >= 4 is 0 Å². The second-order valence-electron chi connectivity index (χ2n) is 4.49. The number of rotatable bonds is 4. The third-order valence-electron chi connectivity index (χ3n) is 2.79. The summed E-state index contributed by atoms with van der Waals surface area (Å²) in [5.74, 6) is 0.673. The minimum Gasteiger partial charge on any atom is -0.478 e. The molecule has 0 aromatic carbocycles. The second kappa shape index (κ2) is 5.21. The Kier molecular flexibility index (Phi) is 3.65. The molecule has 2 rings (SSSR count). The molecule has 0 aliphatic heterocycles. The average Bonchev–Trinajstić information content (AvgIpc) is 2.73. The molecule has 4 nitrogen and oxygen atoms in total. The largest absolute Gasteiger partial charge is 0.478 e. The fraction of sp³-hybridized carbons (Fsp3) is 0.429. The molecule has 0 spiro atoms. The summed E-state index contributed by atoms with van der Waals surface area (Å²) in [5.41, 5.74) is 3.08. The quantitative estimate of drug-likeness (QED) is 0.830. The summed E-state index contributed by atoms with van der Waals surface area (Å²) >= 11 is 0. The van der Waals surface area contributed by atoms with E-state index in [9.17, 15) is 0 Å². The lowest BCUT2D eigenvalue weighted by Crippen LogP contribution is -2.00. The Morgan fingerprint density at radius 1 is 1.33 bits per heavy atom. The van der Waals surface area contributed by atoms with Crippen molar-refractivity contribution in [2.75, 3.05) is 6.61 Å². The maximum atomic E-state index is 5.57. The van der Waals surface area contributed by atoms with E-state index in [1.54, 1.807) is 6.20 Å². The molecule has 0 N–H and O–H groups in total. The van der Waals surface area contributed by atoms with Crippen molar-refractivity contribution in [1.82, 2.24) is 14.8 Å². The van der Waals surface area contributed by atoms with Crippen LogP contribution in [0.25, 0.3) is 11.1 Å². The summed E-state index contributed by atoms with van der Waals surface area (Å²) in [4.78, 5) is 4.28. The van der Waals surface area contributed by atoms with Crippen LogP contribution >= 0.6 is 0 Å². The predicted molar refractivity (Wildman–Crippen MR) is 71.7 cm³/mol. The van der Waals surface area contributed by atoms with Gasteiger partial charge in [0, 0.05) is 29.6 Å². The fourth-order valence-corrected chi connectivity index (χ4v) is 1.86. The molecule has 0 amide bonds.